The van der Waals surface area contributed by atoms with Crippen molar-refractivity contribution in [1.82, 2.24) is 10.6 Å². The Balaban J connectivity index is 1.66. The summed E-state index contributed by atoms with van der Waals surface area (Å²) in [6.07, 6.45) is 3.27. The molecule has 136 valence electrons. The summed E-state index contributed by atoms with van der Waals surface area (Å²) >= 11 is 0. The molecule has 0 heterocycles. The van der Waals surface area contributed by atoms with Gasteiger partial charge in [-0.15, -0.1) is 0 Å². The molecule has 5 nitrogen and oxygen atoms in total. The highest BCUT2D eigenvalue weighted by molar-refractivity contribution is 5.92. The predicted molar refractivity (Wildman–Crippen MR) is 97.9 cm³/mol. The van der Waals surface area contributed by atoms with Crippen molar-refractivity contribution in [2.24, 2.45) is 0 Å². The van der Waals surface area contributed by atoms with Crippen LogP contribution in [0.4, 0.5) is 4.39 Å². The number of benzene rings is 2. The van der Waals surface area contributed by atoms with Gasteiger partial charge in [0.1, 0.15) is 11.6 Å². The van der Waals surface area contributed by atoms with Crippen LogP contribution in [0.25, 0.3) is 6.08 Å². The Labute approximate surface area is 151 Å². The quantitative estimate of drug-likeness (QED) is 0.715. The Morgan fingerprint density at radius 2 is 1.73 bits per heavy atom. The van der Waals surface area contributed by atoms with Gasteiger partial charge in [-0.1, -0.05) is 24.3 Å². The van der Waals surface area contributed by atoms with Crippen molar-refractivity contribution in [1.29, 1.82) is 0 Å². The normalized spacial score (nSPS) is 10.5. The highest BCUT2D eigenvalue weighted by atomic mass is 19.1. The molecule has 0 radical (unpaired) electrons. The zero-order chi connectivity index (χ0) is 18.8. The Morgan fingerprint density at radius 3 is 2.38 bits per heavy atom. The summed E-state index contributed by atoms with van der Waals surface area (Å²) in [5, 5.41) is 5.37. The first-order chi connectivity index (χ1) is 12.6. The fraction of sp³-hybridized carbons (Fsp3) is 0.200. The van der Waals surface area contributed by atoms with Gasteiger partial charge in [-0.25, -0.2) is 4.39 Å². The van der Waals surface area contributed by atoms with Gasteiger partial charge in [0.2, 0.25) is 11.8 Å². The van der Waals surface area contributed by atoms with E-state index in [0.29, 0.717) is 6.54 Å². The molecular weight excluding hydrogens is 335 g/mol. The van der Waals surface area contributed by atoms with Gasteiger partial charge >= 0.3 is 0 Å². The number of hydrogen-bond donors (Lipinski definition) is 2. The van der Waals surface area contributed by atoms with Gasteiger partial charge in [0, 0.05) is 25.6 Å². The molecule has 0 saturated heterocycles. The van der Waals surface area contributed by atoms with Gasteiger partial charge in [-0.2, -0.15) is 0 Å². The van der Waals surface area contributed by atoms with E-state index in [1.807, 2.05) is 24.3 Å². The van der Waals surface area contributed by atoms with Crippen molar-refractivity contribution in [3.05, 3.63) is 71.6 Å². The van der Waals surface area contributed by atoms with Crippen LogP contribution >= 0.6 is 0 Å². The average molecular weight is 356 g/mol. The van der Waals surface area contributed by atoms with Crippen molar-refractivity contribution in [3.8, 4) is 5.75 Å². The van der Waals surface area contributed by atoms with Crippen LogP contribution in [0.1, 0.15) is 17.5 Å². The fourth-order valence-electron chi connectivity index (χ4n) is 2.14. The van der Waals surface area contributed by atoms with E-state index in [9.17, 15) is 14.0 Å². The summed E-state index contributed by atoms with van der Waals surface area (Å²) in [7, 11) is 1.59. The SMILES string of the molecule is COc1ccc(/C=C/C(=O)NCCC(=O)NCc2ccc(F)cc2)cc1. The number of hydrogen-bond acceptors (Lipinski definition) is 3. The Morgan fingerprint density at radius 1 is 1.04 bits per heavy atom. The van der Waals surface area contributed by atoms with Crippen molar-refractivity contribution < 1.29 is 18.7 Å². The van der Waals surface area contributed by atoms with Crippen molar-refractivity contribution in [2.45, 2.75) is 13.0 Å². The number of ether oxygens (including phenoxy) is 1. The third-order valence-corrected chi connectivity index (χ3v) is 3.60. The van der Waals surface area contributed by atoms with Gasteiger partial charge in [0.15, 0.2) is 0 Å². The van der Waals surface area contributed by atoms with Crippen molar-refractivity contribution in [2.75, 3.05) is 13.7 Å². The molecule has 0 atom stereocenters. The number of methoxy groups -OCH3 is 1. The van der Waals surface area contributed by atoms with E-state index in [-0.39, 0.29) is 30.6 Å². The van der Waals surface area contributed by atoms with E-state index in [2.05, 4.69) is 10.6 Å². The molecule has 0 aromatic heterocycles. The average Bonchev–Trinajstić information content (AvgIpc) is 2.66. The number of carbonyl (C=O) groups is 2. The molecule has 2 aromatic rings. The smallest absolute Gasteiger partial charge is 0.244 e. The molecule has 6 heteroatoms. The predicted octanol–water partition coefficient (Wildman–Crippen LogP) is 2.67. The third-order valence-electron chi connectivity index (χ3n) is 3.60. The van der Waals surface area contributed by atoms with E-state index < -0.39 is 0 Å². The van der Waals surface area contributed by atoms with E-state index in [1.54, 1.807) is 25.3 Å². The van der Waals surface area contributed by atoms with E-state index in [0.717, 1.165) is 16.9 Å². The molecule has 0 spiro atoms. The maximum Gasteiger partial charge on any atom is 0.244 e. The first-order valence-electron chi connectivity index (χ1n) is 8.18. The summed E-state index contributed by atoms with van der Waals surface area (Å²) in [6, 6.07) is 13.2. The Kier molecular flexibility index (Phi) is 7.36. The minimum atomic E-state index is -0.314. The zero-order valence-corrected chi connectivity index (χ0v) is 14.5. The monoisotopic (exact) mass is 356 g/mol. The highest BCUT2D eigenvalue weighted by Gasteiger charge is 2.03. The van der Waals surface area contributed by atoms with Crippen LogP contribution in [0.5, 0.6) is 5.75 Å². The molecule has 2 amide bonds. The summed E-state index contributed by atoms with van der Waals surface area (Å²) in [5.41, 5.74) is 1.68. The van der Waals surface area contributed by atoms with Gasteiger partial charge < -0.3 is 15.4 Å². The van der Waals surface area contributed by atoms with Crippen LogP contribution in [0.3, 0.4) is 0 Å². The van der Waals surface area contributed by atoms with Crippen LogP contribution in [0.2, 0.25) is 0 Å². The van der Waals surface area contributed by atoms with Gasteiger partial charge in [0.05, 0.1) is 7.11 Å². The zero-order valence-electron chi connectivity index (χ0n) is 14.5. The van der Waals surface area contributed by atoms with Crippen molar-refractivity contribution in [3.63, 3.8) is 0 Å². The molecule has 2 rings (SSSR count). The molecule has 2 N–H and O–H groups in total. The van der Waals surface area contributed by atoms with Crippen LogP contribution < -0.4 is 15.4 Å². The van der Waals surface area contributed by atoms with E-state index >= 15 is 0 Å². The second-order valence-electron chi connectivity index (χ2n) is 5.55. The molecule has 0 aliphatic carbocycles. The van der Waals surface area contributed by atoms with Gasteiger partial charge in [-0.3, -0.25) is 9.59 Å². The second kappa shape index (κ2) is 9.98. The molecule has 0 fully saturated rings. The first-order valence-corrected chi connectivity index (χ1v) is 8.18. The molecule has 2 aromatic carbocycles. The number of amides is 2. The largest absolute Gasteiger partial charge is 0.497 e. The lowest BCUT2D eigenvalue weighted by molar-refractivity contribution is -0.121. The number of halogens is 1. The number of carbonyl (C=O) groups excluding carboxylic acids is 2. The second-order valence-corrected chi connectivity index (χ2v) is 5.55. The van der Waals surface area contributed by atoms with Crippen LogP contribution in [0, 0.1) is 5.82 Å². The van der Waals surface area contributed by atoms with Crippen LogP contribution in [0.15, 0.2) is 54.6 Å². The molecule has 0 aliphatic heterocycles. The lowest BCUT2D eigenvalue weighted by Gasteiger charge is -2.06. The van der Waals surface area contributed by atoms with Gasteiger partial charge in [0.25, 0.3) is 0 Å². The van der Waals surface area contributed by atoms with Crippen molar-refractivity contribution >= 4 is 17.9 Å². The van der Waals surface area contributed by atoms with E-state index in [4.69, 9.17) is 4.74 Å². The summed E-state index contributed by atoms with van der Waals surface area (Å²) < 4.78 is 17.9. The number of rotatable bonds is 8. The topological polar surface area (TPSA) is 67.4 Å². The van der Waals surface area contributed by atoms with Gasteiger partial charge in [-0.05, 0) is 41.5 Å². The summed E-state index contributed by atoms with van der Waals surface area (Å²) in [4.78, 5) is 23.5. The summed E-state index contributed by atoms with van der Waals surface area (Å²) in [6.45, 7) is 0.561. The Hall–Kier alpha value is -3.15. The minimum Gasteiger partial charge on any atom is -0.497 e. The van der Waals surface area contributed by atoms with Crippen LogP contribution in [-0.2, 0) is 16.1 Å². The molecule has 0 bridgehead atoms. The van der Waals surface area contributed by atoms with E-state index in [1.165, 1.54) is 18.2 Å². The first kappa shape index (κ1) is 19.2. The standard InChI is InChI=1S/C20H21FN2O3/c1-26-18-9-4-15(5-10-18)6-11-19(24)22-13-12-20(25)23-14-16-2-7-17(21)8-3-16/h2-11H,12-14H2,1H3,(H,22,24)(H,23,25)/b11-6+. The lowest BCUT2D eigenvalue weighted by atomic mass is 10.2. The minimum absolute atomic E-state index is 0.170. The molecule has 26 heavy (non-hydrogen) atoms. The van der Waals surface area contributed by atoms with Crippen LogP contribution in [-0.4, -0.2) is 25.5 Å². The maximum atomic E-state index is 12.8. The molecule has 0 aliphatic rings. The fourth-order valence-corrected chi connectivity index (χ4v) is 2.14. The highest BCUT2D eigenvalue weighted by Crippen LogP contribution is 2.12. The molecule has 0 saturated carbocycles. The maximum absolute atomic E-state index is 12.8. The molecular formula is C20H21FN2O3. The molecule has 0 unspecified atom stereocenters. The number of nitrogens with one attached hydrogen (secondary N) is 2. The lowest BCUT2D eigenvalue weighted by Crippen LogP contribution is -2.29. The Bertz CT molecular complexity index is 756. The third kappa shape index (κ3) is 6.76. The summed E-state index contributed by atoms with van der Waals surface area (Å²) in [5.74, 6) is -0.0235.